The number of imidazole rings is 1. The monoisotopic (exact) mass is 1090 g/mol. The first-order valence-corrected chi connectivity index (χ1v) is 29.6. The molecule has 2 aliphatic carbocycles. The second-order valence-corrected chi connectivity index (χ2v) is 22.4. The molecule has 2 aromatic heterocycles. The van der Waals surface area contributed by atoms with Gasteiger partial charge in [0.1, 0.15) is 23.6 Å². The van der Waals surface area contributed by atoms with Crippen LogP contribution in [-0.4, -0.2) is 159 Å². The molecule has 4 aromatic rings. The fourth-order valence-corrected chi connectivity index (χ4v) is 12.8. The number of aryl methyl sites for hydroxylation is 1. The van der Waals surface area contributed by atoms with Gasteiger partial charge < -0.3 is 43.9 Å². The van der Waals surface area contributed by atoms with Crippen LogP contribution in [0.15, 0.2) is 67.3 Å². The van der Waals surface area contributed by atoms with Crippen molar-refractivity contribution in [3.63, 3.8) is 0 Å². The van der Waals surface area contributed by atoms with Gasteiger partial charge in [-0.05, 0) is 111 Å². The number of carbonyl (C=O) groups excluding carboxylic acids is 4. The number of piperidine rings is 2. The van der Waals surface area contributed by atoms with E-state index >= 15 is 19.2 Å². The maximum absolute atomic E-state index is 16.1. The van der Waals surface area contributed by atoms with Gasteiger partial charge in [0, 0.05) is 91.4 Å². The minimum Gasteiger partial charge on any atom is -0.497 e. The van der Waals surface area contributed by atoms with E-state index in [-0.39, 0.29) is 48.9 Å². The molecule has 0 unspecified atom stereocenters. The molecular formula is C60H89N11O8. The third-order valence-electron chi connectivity index (χ3n) is 17.3. The Morgan fingerprint density at radius 3 is 1.44 bits per heavy atom. The van der Waals surface area contributed by atoms with E-state index < -0.39 is 24.1 Å². The summed E-state index contributed by atoms with van der Waals surface area (Å²) >= 11 is 0. The zero-order chi connectivity index (χ0) is 55.6. The van der Waals surface area contributed by atoms with Crippen LogP contribution in [0.3, 0.4) is 0 Å². The highest BCUT2D eigenvalue weighted by atomic mass is 16.5. The number of methoxy groups -OCH3 is 2. The Morgan fingerprint density at radius 1 is 0.646 bits per heavy atom. The number of urea groups is 2. The second kappa shape index (κ2) is 28.8. The van der Waals surface area contributed by atoms with Gasteiger partial charge in [0.15, 0.2) is 0 Å². The second-order valence-electron chi connectivity index (χ2n) is 22.4. The maximum Gasteiger partial charge on any atom is 0.337 e. The number of likely N-dealkylation sites (tertiary alicyclic amines) is 2. The van der Waals surface area contributed by atoms with E-state index in [4.69, 9.17) is 18.9 Å². The van der Waals surface area contributed by atoms with E-state index in [0.717, 1.165) is 81.0 Å². The molecule has 6 amide bonds. The minimum atomic E-state index is -1.31. The normalized spacial score (nSPS) is 18.5. The number of rotatable bonds is 24. The molecule has 79 heavy (non-hydrogen) atoms. The van der Waals surface area contributed by atoms with Crippen molar-refractivity contribution in [1.29, 1.82) is 0 Å². The van der Waals surface area contributed by atoms with Crippen LogP contribution in [0, 0.1) is 11.8 Å². The van der Waals surface area contributed by atoms with Gasteiger partial charge in [-0.1, -0.05) is 76.6 Å². The Balaban J connectivity index is 1.23. The van der Waals surface area contributed by atoms with Gasteiger partial charge in [-0.2, -0.15) is 15.4 Å². The third-order valence-corrected chi connectivity index (χ3v) is 17.3. The molecule has 0 radical (unpaired) electrons. The quantitative estimate of drug-likeness (QED) is 0.0571. The zero-order valence-corrected chi connectivity index (χ0v) is 47.8. The van der Waals surface area contributed by atoms with E-state index in [1.807, 2.05) is 76.1 Å². The fraction of sp³-hybridized carbons (Fsp3) is 0.650. The van der Waals surface area contributed by atoms with Crippen LogP contribution in [0.25, 0.3) is 0 Å². The number of ether oxygens (including phenoxy) is 4. The van der Waals surface area contributed by atoms with Gasteiger partial charge in [0.05, 0.1) is 49.3 Å². The van der Waals surface area contributed by atoms with Crippen LogP contribution in [0.5, 0.6) is 11.5 Å². The van der Waals surface area contributed by atoms with Crippen LogP contribution < -0.4 is 20.1 Å². The van der Waals surface area contributed by atoms with Crippen LogP contribution in [0.4, 0.5) is 9.59 Å². The van der Waals surface area contributed by atoms with Crippen LogP contribution in [-0.2, 0) is 51.8 Å². The molecule has 19 nitrogen and oxygen atoms in total. The number of H-pyrrole nitrogens is 1. The Labute approximate surface area is 468 Å². The van der Waals surface area contributed by atoms with Crippen molar-refractivity contribution in [3.05, 3.63) is 89.8 Å². The standard InChI is InChI=1S/C60H89N11O8/c1-6-38-78-59(47-14-10-8-11-15-47)28-34-68(35-29-59)55(72)53(40-45-18-22-51(76-4)23-19-45)70(57(74)61-32-26-49-42-64-66-65-49)71(58(75)62-33-27-50-43-67(3)44-63-50)54(41-46-20-24-52(77-5)25-21-46)56(73)69-36-30-60(31-37-69,79-39-7-2)48-16-12-9-13-17-48/h18-25,42-44,47-48,53-54H,6-17,26-41H2,1-5H3,(H,61,74)(H,62,75)(H,64,65,66)/t53-,54-/m1/s1. The smallest absolute Gasteiger partial charge is 0.337 e. The Hall–Kier alpha value is -6.21. The lowest BCUT2D eigenvalue weighted by Crippen LogP contribution is -2.69. The third kappa shape index (κ3) is 15.2. The lowest BCUT2D eigenvalue weighted by Gasteiger charge is -2.50. The molecule has 4 heterocycles. The fourth-order valence-electron chi connectivity index (χ4n) is 12.8. The number of nitrogens with one attached hydrogen (secondary N) is 3. The largest absolute Gasteiger partial charge is 0.497 e. The molecule has 2 aliphatic heterocycles. The van der Waals surface area contributed by atoms with Gasteiger partial charge in [0.2, 0.25) is 11.8 Å². The van der Waals surface area contributed by atoms with E-state index in [9.17, 15) is 0 Å². The van der Waals surface area contributed by atoms with E-state index in [1.54, 1.807) is 26.7 Å². The lowest BCUT2D eigenvalue weighted by molar-refractivity contribution is -0.162. The van der Waals surface area contributed by atoms with Crippen molar-refractivity contribution >= 4 is 23.9 Å². The maximum atomic E-state index is 16.1. The summed E-state index contributed by atoms with van der Waals surface area (Å²) in [4.78, 5) is 72.2. The van der Waals surface area contributed by atoms with Crippen molar-refractivity contribution in [1.82, 2.24) is 55.4 Å². The first-order valence-electron chi connectivity index (χ1n) is 29.6. The average molecular weight is 1090 g/mol. The highest BCUT2D eigenvalue weighted by Crippen LogP contribution is 2.44. The first-order chi connectivity index (χ1) is 38.5. The summed E-state index contributed by atoms with van der Waals surface area (Å²) in [5.74, 6) is 1.38. The van der Waals surface area contributed by atoms with Gasteiger partial charge in [-0.3, -0.25) is 9.59 Å². The number of hydrazine groups is 1. The van der Waals surface area contributed by atoms with Crippen LogP contribution in [0.1, 0.15) is 139 Å². The van der Waals surface area contributed by atoms with Crippen molar-refractivity contribution in [2.24, 2.45) is 18.9 Å². The summed E-state index contributed by atoms with van der Waals surface area (Å²) in [6, 6.07) is 10.8. The molecule has 4 fully saturated rings. The number of aromatic amines is 1. The summed E-state index contributed by atoms with van der Waals surface area (Å²) < 4.78 is 26.7. The molecule has 432 valence electrons. The van der Waals surface area contributed by atoms with Crippen molar-refractivity contribution < 1.29 is 38.1 Å². The lowest BCUT2D eigenvalue weighted by atomic mass is 9.72. The number of nitrogens with zero attached hydrogens (tertiary/aromatic N) is 8. The van der Waals surface area contributed by atoms with Gasteiger partial charge in [-0.15, -0.1) is 0 Å². The highest BCUT2D eigenvalue weighted by molar-refractivity contribution is 5.92. The Kier molecular flexibility index (Phi) is 21.5. The van der Waals surface area contributed by atoms with Crippen LogP contribution >= 0.6 is 0 Å². The summed E-state index contributed by atoms with van der Waals surface area (Å²) in [5.41, 5.74) is 2.11. The SMILES string of the molecule is CCCOC1(C2CCCCC2)CCN(C(=O)[C@@H](Cc2ccc(OC)cc2)N(C(=O)NCCc2cn(C)cn2)N(C(=O)NCCc2cn[nH]n2)[C@H](Cc2ccc(OC)cc2)C(=O)N2CCC(OCCC)(C3CCCCC3)CC2)CC1. The molecule has 3 N–H and O–H groups in total. The van der Waals surface area contributed by atoms with Crippen LogP contribution in [0.2, 0.25) is 0 Å². The summed E-state index contributed by atoms with van der Waals surface area (Å²) in [7, 11) is 5.08. The van der Waals surface area contributed by atoms with E-state index in [2.05, 4.69) is 44.9 Å². The predicted octanol–water partition coefficient (Wildman–Crippen LogP) is 8.24. The molecule has 4 aliphatic rings. The van der Waals surface area contributed by atoms with Crippen molar-refractivity contribution in [3.8, 4) is 11.5 Å². The van der Waals surface area contributed by atoms with E-state index in [0.29, 0.717) is 107 Å². The van der Waals surface area contributed by atoms with Gasteiger partial charge in [-0.25, -0.2) is 24.6 Å². The number of benzene rings is 2. The first kappa shape index (κ1) is 58.9. The predicted molar refractivity (Wildman–Crippen MR) is 301 cm³/mol. The molecular weight excluding hydrogens is 1000 g/mol. The summed E-state index contributed by atoms with van der Waals surface area (Å²) in [5, 5.41) is 19.6. The molecule has 2 saturated carbocycles. The number of aromatic nitrogens is 5. The topological polar surface area (TPSA) is 202 Å². The average Bonchev–Trinajstić information content (AvgIpc) is 4.23. The van der Waals surface area contributed by atoms with Crippen molar-refractivity contribution in [2.45, 2.75) is 166 Å². The summed E-state index contributed by atoms with van der Waals surface area (Å²) in [6.07, 6.45) is 21.8. The number of carbonyl (C=O) groups is 4. The minimum absolute atomic E-state index is 0.0136. The Morgan fingerprint density at radius 2 is 1.08 bits per heavy atom. The van der Waals surface area contributed by atoms with Crippen molar-refractivity contribution in [2.75, 3.05) is 66.7 Å². The number of amides is 6. The molecule has 19 heteroatoms. The van der Waals surface area contributed by atoms with E-state index in [1.165, 1.54) is 22.9 Å². The van der Waals surface area contributed by atoms with Gasteiger partial charge in [0.25, 0.3) is 0 Å². The van der Waals surface area contributed by atoms with Gasteiger partial charge >= 0.3 is 12.1 Å². The molecule has 0 spiro atoms. The summed E-state index contributed by atoms with van der Waals surface area (Å²) in [6.45, 7) is 7.39. The molecule has 2 atom stereocenters. The molecule has 0 bridgehead atoms. The molecule has 2 aromatic carbocycles. The molecule has 8 rings (SSSR count). The number of hydrogen-bond donors (Lipinski definition) is 3. The zero-order valence-electron chi connectivity index (χ0n) is 47.8. The Bertz CT molecular complexity index is 2490. The highest BCUT2D eigenvalue weighted by Gasteiger charge is 2.50. The number of hydrogen-bond acceptors (Lipinski definition) is 11. The molecule has 2 saturated heterocycles.